The van der Waals surface area contributed by atoms with Crippen LogP contribution in [0.1, 0.15) is 35.5 Å². The van der Waals surface area contributed by atoms with Crippen molar-refractivity contribution in [2.24, 2.45) is 0 Å². The van der Waals surface area contributed by atoms with Gasteiger partial charge in [-0.3, -0.25) is 0 Å². The number of halogens is 1. The topological polar surface area (TPSA) is 35.0 Å². The van der Waals surface area contributed by atoms with E-state index in [1.165, 1.54) is 29.7 Å². The second-order valence-corrected chi connectivity index (χ2v) is 6.36. The fourth-order valence-corrected chi connectivity index (χ4v) is 4.28. The highest BCUT2D eigenvalue weighted by molar-refractivity contribution is 7.19. The molecular formula is C14H17ClN2OS. The summed E-state index contributed by atoms with van der Waals surface area (Å²) in [4.78, 5) is 11.7. The van der Waals surface area contributed by atoms with Gasteiger partial charge in [-0.15, -0.1) is 11.3 Å². The van der Waals surface area contributed by atoms with Crippen molar-refractivity contribution in [3.8, 4) is 0 Å². The lowest BCUT2D eigenvalue weighted by molar-refractivity contribution is 0.194. The number of ether oxygens (including phenoxy) is 1. The summed E-state index contributed by atoms with van der Waals surface area (Å²) in [6.45, 7) is 0.736. The maximum Gasteiger partial charge on any atom is 0.141 e. The highest BCUT2D eigenvalue weighted by Crippen LogP contribution is 2.38. The van der Waals surface area contributed by atoms with E-state index in [4.69, 9.17) is 16.3 Å². The number of hydrogen-bond acceptors (Lipinski definition) is 4. The van der Waals surface area contributed by atoms with E-state index in [9.17, 15) is 0 Å². The molecule has 0 saturated heterocycles. The molecule has 0 spiro atoms. The summed E-state index contributed by atoms with van der Waals surface area (Å²) < 4.78 is 5.06. The molecule has 0 radical (unpaired) electrons. The summed E-state index contributed by atoms with van der Waals surface area (Å²) in [6.07, 6.45) is 6.60. The van der Waals surface area contributed by atoms with E-state index in [0.717, 1.165) is 41.9 Å². The predicted molar refractivity (Wildman–Crippen MR) is 79.3 cm³/mol. The first-order chi connectivity index (χ1) is 9.29. The number of fused-ring (bicyclic) bond motifs is 3. The molecule has 2 heterocycles. The van der Waals surface area contributed by atoms with Gasteiger partial charge < -0.3 is 4.74 Å². The van der Waals surface area contributed by atoms with Crippen LogP contribution in [-0.4, -0.2) is 23.7 Å². The smallest absolute Gasteiger partial charge is 0.141 e. The highest BCUT2D eigenvalue weighted by Gasteiger charge is 2.20. The predicted octanol–water partition coefficient (Wildman–Crippen LogP) is 3.80. The standard InChI is InChI=1S/C14H17ClN2OS/c1-18-8-4-7-11-16-13(15)12-9-5-2-3-6-10(9)19-14(12)17-11/h2-8H2,1H3. The summed E-state index contributed by atoms with van der Waals surface area (Å²) in [5, 5.41) is 1.74. The van der Waals surface area contributed by atoms with E-state index in [2.05, 4.69) is 9.97 Å². The van der Waals surface area contributed by atoms with E-state index in [1.54, 1.807) is 18.4 Å². The molecule has 2 aromatic heterocycles. The molecule has 0 fully saturated rings. The average Bonchev–Trinajstić information content (AvgIpc) is 2.77. The van der Waals surface area contributed by atoms with E-state index in [1.807, 2.05) is 0 Å². The molecule has 2 aromatic rings. The minimum Gasteiger partial charge on any atom is -0.385 e. The van der Waals surface area contributed by atoms with E-state index in [-0.39, 0.29) is 0 Å². The van der Waals surface area contributed by atoms with Gasteiger partial charge in [0.25, 0.3) is 0 Å². The Labute approximate surface area is 122 Å². The van der Waals surface area contributed by atoms with Crippen LogP contribution in [-0.2, 0) is 24.0 Å². The van der Waals surface area contributed by atoms with Crippen LogP contribution in [0.3, 0.4) is 0 Å². The lowest BCUT2D eigenvalue weighted by atomic mass is 9.97. The van der Waals surface area contributed by atoms with E-state index in [0.29, 0.717) is 5.15 Å². The Hall–Kier alpha value is -0.710. The van der Waals surface area contributed by atoms with Crippen molar-refractivity contribution in [3.05, 3.63) is 21.4 Å². The Morgan fingerprint density at radius 2 is 2.11 bits per heavy atom. The van der Waals surface area contributed by atoms with Gasteiger partial charge in [0.1, 0.15) is 15.8 Å². The molecule has 3 nitrogen and oxygen atoms in total. The molecule has 3 rings (SSSR count). The van der Waals surface area contributed by atoms with Crippen LogP contribution in [0.5, 0.6) is 0 Å². The van der Waals surface area contributed by atoms with Gasteiger partial charge >= 0.3 is 0 Å². The van der Waals surface area contributed by atoms with Gasteiger partial charge in [0, 0.05) is 25.0 Å². The van der Waals surface area contributed by atoms with Crippen molar-refractivity contribution in [3.63, 3.8) is 0 Å². The van der Waals surface area contributed by atoms with E-state index >= 15 is 0 Å². The molecule has 0 aliphatic heterocycles. The summed E-state index contributed by atoms with van der Waals surface area (Å²) in [7, 11) is 1.71. The molecule has 19 heavy (non-hydrogen) atoms. The molecule has 0 N–H and O–H groups in total. The van der Waals surface area contributed by atoms with Crippen LogP contribution in [0.25, 0.3) is 10.2 Å². The molecule has 1 aliphatic carbocycles. The number of aromatic nitrogens is 2. The maximum atomic E-state index is 6.38. The lowest BCUT2D eigenvalue weighted by Crippen LogP contribution is -2.01. The van der Waals surface area contributed by atoms with Gasteiger partial charge in [0.2, 0.25) is 0 Å². The number of rotatable bonds is 4. The fraction of sp³-hybridized carbons (Fsp3) is 0.571. The third-order valence-electron chi connectivity index (χ3n) is 3.57. The Morgan fingerprint density at radius 3 is 2.95 bits per heavy atom. The van der Waals surface area contributed by atoms with Crippen LogP contribution in [0.15, 0.2) is 0 Å². The summed E-state index contributed by atoms with van der Waals surface area (Å²) in [5.74, 6) is 0.841. The third-order valence-corrected chi connectivity index (χ3v) is 5.02. The largest absolute Gasteiger partial charge is 0.385 e. The van der Waals surface area contributed by atoms with Crippen molar-refractivity contribution in [1.29, 1.82) is 0 Å². The van der Waals surface area contributed by atoms with Crippen molar-refractivity contribution in [2.45, 2.75) is 38.5 Å². The minimum atomic E-state index is 0.636. The lowest BCUT2D eigenvalue weighted by Gasteiger charge is -2.10. The summed E-state index contributed by atoms with van der Waals surface area (Å²) in [5.41, 5.74) is 1.40. The van der Waals surface area contributed by atoms with Crippen LogP contribution in [0.2, 0.25) is 5.15 Å². The molecule has 0 saturated carbocycles. The normalized spacial score (nSPS) is 14.8. The van der Waals surface area contributed by atoms with Crippen molar-refractivity contribution >= 4 is 33.2 Å². The summed E-state index contributed by atoms with van der Waals surface area (Å²) >= 11 is 8.18. The van der Waals surface area contributed by atoms with Crippen molar-refractivity contribution in [2.75, 3.05) is 13.7 Å². The van der Waals surface area contributed by atoms with Crippen LogP contribution >= 0.6 is 22.9 Å². The number of nitrogens with zero attached hydrogens (tertiary/aromatic N) is 2. The molecule has 1 aliphatic rings. The number of thiophene rings is 1. The van der Waals surface area contributed by atoms with Crippen LogP contribution in [0.4, 0.5) is 0 Å². The molecule has 0 aromatic carbocycles. The fourth-order valence-electron chi connectivity index (χ4n) is 2.64. The molecule has 0 unspecified atom stereocenters. The molecule has 102 valence electrons. The Kier molecular flexibility index (Phi) is 4.01. The zero-order valence-corrected chi connectivity index (χ0v) is 12.6. The third kappa shape index (κ3) is 2.62. The van der Waals surface area contributed by atoms with Crippen molar-refractivity contribution < 1.29 is 4.74 Å². The first-order valence-electron chi connectivity index (χ1n) is 6.75. The first kappa shape index (κ1) is 13.3. The monoisotopic (exact) mass is 296 g/mol. The zero-order valence-electron chi connectivity index (χ0n) is 11.0. The Morgan fingerprint density at radius 1 is 1.26 bits per heavy atom. The van der Waals surface area contributed by atoms with Crippen molar-refractivity contribution in [1.82, 2.24) is 9.97 Å². The second kappa shape index (κ2) is 5.73. The number of hydrogen-bond donors (Lipinski definition) is 0. The second-order valence-electron chi connectivity index (χ2n) is 4.92. The van der Waals surface area contributed by atoms with Gasteiger partial charge in [-0.05, 0) is 37.7 Å². The van der Waals surface area contributed by atoms with Crippen LogP contribution < -0.4 is 0 Å². The minimum absolute atomic E-state index is 0.636. The molecule has 5 heteroatoms. The van der Waals surface area contributed by atoms with E-state index < -0.39 is 0 Å². The van der Waals surface area contributed by atoms with Gasteiger partial charge in [-0.1, -0.05) is 11.6 Å². The van der Waals surface area contributed by atoms with Crippen LogP contribution in [0, 0.1) is 0 Å². The Balaban J connectivity index is 1.97. The quantitative estimate of drug-likeness (QED) is 0.636. The van der Waals surface area contributed by atoms with Gasteiger partial charge in [0.15, 0.2) is 0 Å². The number of aryl methyl sites for hydroxylation is 3. The molecule has 0 atom stereocenters. The maximum absolute atomic E-state index is 6.38. The summed E-state index contributed by atoms with van der Waals surface area (Å²) in [6, 6.07) is 0. The molecular weight excluding hydrogens is 280 g/mol. The molecule has 0 amide bonds. The number of methoxy groups -OCH3 is 1. The average molecular weight is 297 g/mol. The zero-order chi connectivity index (χ0) is 13.2. The SMILES string of the molecule is COCCCc1nc(Cl)c2c3c(sc2n1)CCCC3. The van der Waals surface area contributed by atoms with Gasteiger partial charge in [0.05, 0.1) is 5.39 Å². The van der Waals surface area contributed by atoms with Gasteiger partial charge in [-0.25, -0.2) is 9.97 Å². The molecule has 0 bridgehead atoms. The first-order valence-corrected chi connectivity index (χ1v) is 7.94. The Bertz CT molecular complexity index is 597. The van der Waals surface area contributed by atoms with Gasteiger partial charge in [-0.2, -0.15) is 0 Å². The highest BCUT2D eigenvalue weighted by atomic mass is 35.5.